The van der Waals surface area contributed by atoms with Gasteiger partial charge in [0, 0.05) is 18.3 Å². The Hall–Kier alpha value is -1.59. The first-order valence-electron chi connectivity index (χ1n) is 6.99. The highest BCUT2D eigenvalue weighted by atomic mass is 35.5. The lowest BCUT2D eigenvalue weighted by Crippen LogP contribution is -2.43. The second kappa shape index (κ2) is 8.00. The van der Waals surface area contributed by atoms with Gasteiger partial charge in [-0.25, -0.2) is 0 Å². The van der Waals surface area contributed by atoms with E-state index in [4.69, 9.17) is 0 Å². The van der Waals surface area contributed by atoms with Crippen molar-refractivity contribution < 1.29 is 9.59 Å². The lowest BCUT2D eigenvalue weighted by molar-refractivity contribution is -0.118. The van der Waals surface area contributed by atoms with Crippen molar-refractivity contribution in [2.45, 2.75) is 32.2 Å². The van der Waals surface area contributed by atoms with Crippen LogP contribution in [-0.2, 0) is 4.79 Å². The standard InChI is InChI=1S/C15H21N3O2.ClH/c1-10-11(14(19)16-2)6-5-8-12(10)18-15(20)13-7-3-4-9-17-13;/h5-6,8,13,17H,3-4,7,9H2,1-2H3,(H,16,19)(H,18,20);1H. The van der Waals surface area contributed by atoms with Crippen LogP contribution in [0.4, 0.5) is 5.69 Å². The largest absolute Gasteiger partial charge is 0.355 e. The molecular weight excluding hydrogens is 290 g/mol. The van der Waals surface area contributed by atoms with E-state index in [0.29, 0.717) is 11.3 Å². The SMILES string of the molecule is CNC(=O)c1cccc(NC(=O)C2CCCCN2)c1C.Cl. The van der Waals surface area contributed by atoms with E-state index in [-0.39, 0.29) is 30.3 Å². The van der Waals surface area contributed by atoms with E-state index < -0.39 is 0 Å². The lowest BCUT2D eigenvalue weighted by atomic mass is 10.0. The molecule has 1 aromatic carbocycles. The molecule has 1 aliphatic heterocycles. The molecule has 21 heavy (non-hydrogen) atoms. The maximum absolute atomic E-state index is 12.2. The molecule has 1 aliphatic rings. The molecule has 0 spiro atoms. The van der Waals surface area contributed by atoms with Crippen LogP contribution in [0.2, 0.25) is 0 Å². The highest BCUT2D eigenvalue weighted by Crippen LogP contribution is 2.20. The highest BCUT2D eigenvalue weighted by Gasteiger charge is 2.21. The van der Waals surface area contributed by atoms with Gasteiger partial charge in [0.1, 0.15) is 0 Å². The van der Waals surface area contributed by atoms with Gasteiger partial charge in [0.25, 0.3) is 5.91 Å². The minimum absolute atomic E-state index is 0. The number of nitrogens with one attached hydrogen (secondary N) is 3. The molecule has 0 bridgehead atoms. The molecule has 0 aromatic heterocycles. The minimum Gasteiger partial charge on any atom is -0.355 e. The Labute approximate surface area is 131 Å². The fourth-order valence-electron chi connectivity index (χ4n) is 2.45. The predicted octanol–water partition coefficient (Wildman–Crippen LogP) is 1.86. The van der Waals surface area contributed by atoms with Crippen molar-refractivity contribution in [2.24, 2.45) is 0 Å². The van der Waals surface area contributed by atoms with Gasteiger partial charge in [0.15, 0.2) is 0 Å². The van der Waals surface area contributed by atoms with E-state index in [0.717, 1.165) is 31.4 Å². The first kappa shape index (κ1) is 17.5. The molecule has 2 amide bonds. The Morgan fingerprint density at radius 1 is 1.29 bits per heavy atom. The zero-order chi connectivity index (χ0) is 14.5. The maximum Gasteiger partial charge on any atom is 0.251 e. The van der Waals surface area contributed by atoms with Crippen molar-refractivity contribution in [3.8, 4) is 0 Å². The van der Waals surface area contributed by atoms with Crippen molar-refractivity contribution in [3.05, 3.63) is 29.3 Å². The Morgan fingerprint density at radius 2 is 2.05 bits per heavy atom. The van der Waals surface area contributed by atoms with E-state index in [1.165, 1.54) is 0 Å². The Balaban J connectivity index is 0.00000220. The third-order valence-corrected chi connectivity index (χ3v) is 3.69. The minimum atomic E-state index is -0.144. The molecule has 6 heteroatoms. The first-order valence-corrected chi connectivity index (χ1v) is 6.99. The number of rotatable bonds is 3. The monoisotopic (exact) mass is 311 g/mol. The summed E-state index contributed by atoms with van der Waals surface area (Å²) in [6.07, 6.45) is 3.05. The van der Waals surface area contributed by atoms with Crippen LogP contribution in [0.3, 0.4) is 0 Å². The van der Waals surface area contributed by atoms with Gasteiger partial charge in [-0.15, -0.1) is 12.4 Å². The number of benzene rings is 1. The van der Waals surface area contributed by atoms with E-state index in [9.17, 15) is 9.59 Å². The average molecular weight is 312 g/mol. The number of halogens is 1. The average Bonchev–Trinajstić information content (AvgIpc) is 2.49. The van der Waals surface area contributed by atoms with E-state index in [1.807, 2.05) is 13.0 Å². The molecular formula is C15H22ClN3O2. The third kappa shape index (κ3) is 4.19. The number of hydrogen-bond donors (Lipinski definition) is 3. The van der Waals surface area contributed by atoms with Crippen molar-refractivity contribution in [1.82, 2.24) is 10.6 Å². The predicted molar refractivity (Wildman–Crippen MR) is 86.1 cm³/mol. The van der Waals surface area contributed by atoms with Crippen LogP contribution in [0.1, 0.15) is 35.2 Å². The smallest absolute Gasteiger partial charge is 0.251 e. The molecule has 1 saturated heterocycles. The molecule has 0 aliphatic carbocycles. The van der Waals surface area contributed by atoms with E-state index >= 15 is 0 Å². The van der Waals surface area contributed by atoms with Crippen LogP contribution in [0.15, 0.2) is 18.2 Å². The molecule has 0 radical (unpaired) electrons. The summed E-state index contributed by atoms with van der Waals surface area (Å²) in [6.45, 7) is 2.73. The number of carbonyl (C=O) groups is 2. The summed E-state index contributed by atoms with van der Waals surface area (Å²) in [4.78, 5) is 23.9. The normalized spacial score (nSPS) is 17.5. The quantitative estimate of drug-likeness (QED) is 0.798. The molecule has 1 atom stereocenters. The van der Waals surface area contributed by atoms with Crippen LogP contribution in [0, 0.1) is 6.92 Å². The summed E-state index contributed by atoms with van der Waals surface area (Å²) in [5.41, 5.74) is 2.07. The van der Waals surface area contributed by atoms with Gasteiger partial charge in [-0.05, 0) is 44.0 Å². The Morgan fingerprint density at radius 3 is 2.67 bits per heavy atom. The van der Waals surface area contributed by atoms with Crippen molar-refractivity contribution in [1.29, 1.82) is 0 Å². The van der Waals surface area contributed by atoms with Gasteiger partial charge in [-0.1, -0.05) is 12.5 Å². The fourth-order valence-corrected chi connectivity index (χ4v) is 2.45. The molecule has 116 valence electrons. The van der Waals surface area contributed by atoms with E-state index in [1.54, 1.807) is 19.2 Å². The molecule has 1 unspecified atom stereocenters. The van der Waals surface area contributed by atoms with Crippen molar-refractivity contribution >= 4 is 29.9 Å². The fraction of sp³-hybridized carbons (Fsp3) is 0.467. The van der Waals surface area contributed by atoms with E-state index in [2.05, 4.69) is 16.0 Å². The number of carbonyl (C=O) groups excluding carboxylic acids is 2. The number of amides is 2. The van der Waals surface area contributed by atoms with Gasteiger partial charge in [0.2, 0.25) is 5.91 Å². The Kier molecular flexibility index (Phi) is 6.65. The molecule has 3 N–H and O–H groups in total. The zero-order valence-electron chi connectivity index (χ0n) is 12.4. The van der Waals surface area contributed by atoms with Crippen molar-refractivity contribution in [2.75, 3.05) is 18.9 Å². The van der Waals surface area contributed by atoms with Crippen LogP contribution in [0.25, 0.3) is 0 Å². The van der Waals surface area contributed by atoms with Gasteiger partial charge in [-0.2, -0.15) is 0 Å². The van der Waals surface area contributed by atoms with Crippen LogP contribution in [-0.4, -0.2) is 31.4 Å². The Bertz CT molecular complexity index is 514. The zero-order valence-corrected chi connectivity index (χ0v) is 13.2. The number of piperidine rings is 1. The second-order valence-corrected chi connectivity index (χ2v) is 5.05. The molecule has 2 rings (SSSR count). The van der Waals surface area contributed by atoms with Gasteiger partial charge in [-0.3, -0.25) is 9.59 Å². The number of hydrogen-bond acceptors (Lipinski definition) is 3. The topological polar surface area (TPSA) is 70.2 Å². The maximum atomic E-state index is 12.2. The first-order chi connectivity index (χ1) is 9.63. The van der Waals surface area contributed by atoms with Gasteiger partial charge >= 0.3 is 0 Å². The summed E-state index contributed by atoms with van der Waals surface area (Å²) >= 11 is 0. The van der Waals surface area contributed by atoms with Crippen LogP contribution in [0.5, 0.6) is 0 Å². The molecule has 5 nitrogen and oxygen atoms in total. The molecule has 1 fully saturated rings. The molecule has 1 heterocycles. The summed E-state index contributed by atoms with van der Waals surface area (Å²) in [5.74, 6) is -0.170. The summed E-state index contributed by atoms with van der Waals surface area (Å²) in [7, 11) is 1.60. The van der Waals surface area contributed by atoms with Gasteiger partial charge in [0.05, 0.1) is 6.04 Å². The summed E-state index contributed by atoms with van der Waals surface area (Å²) in [6, 6.07) is 5.22. The number of anilines is 1. The third-order valence-electron chi connectivity index (χ3n) is 3.69. The van der Waals surface area contributed by atoms with Crippen molar-refractivity contribution in [3.63, 3.8) is 0 Å². The highest BCUT2D eigenvalue weighted by molar-refractivity contribution is 6.00. The summed E-state index contributed by atoms with van der Waals surface area (Å²) in [5, 5.41) is 8.74. The molecule has 1 aromatic rings. The van der Waals surface area contributed by atoms with Crippen LogP contribution >= 0.6 is 12.4 Å². The van der Waals surface area contributed by atoms with Crippen LogP contribution < -0.4 is 16.0 Å². The summed E-state index contributed by atoms with van der Waals surface area (Å²) < 4.78 is 0. The molecule has 0 saturated carbocycles. The lowest BCUT2D eigenvalue weighted by Gasteiger charge is -2.23. The van der Waals surface area contributed by atoms with Gasteiger partial charge < -0.3 is 16.0 Å². The second-order valence-electron chi connectivity index (χ2n) is 5.05.